The fourth-order valence-electron chi connectivity index (χ4n) is 1.60. The predicted octanol–water partition coefficient (Wildman–Crippen LogP) is 2.83. The summed E-state index contributed by atoms with van der Waals surface area (Å²) >= 11 is 0.700. The number of benzene rings is 1. The maximum atomic E-state index is 13.8. The lowest BCUT2D eigenvalue weighted by molar-refractivity contribution is 0.0698. The molecular weight excluding hydrogens is 324 g/mol. The zero-order chi connectivity index (χ0) is 15.8. The molecule has 0 spiro atoms. The van der Waals surface area contributed by atoms with Gasteiger partial charge >= 0.3 is 5.97 Å². The van der Waals surface area contributed by atoms with E-state index in [0.717, 1.165) is 18.2 Å². The smallest absolute Gasteiger partial charge is 0.347 e. The summed E-state index contributed by atoms with van der Waals surface area (Å²) in [4.78, 5) is 9.96. The highest BCUT2D eigenvalue weighted by molar-refractivity contribution is 7.93. The highest BCUT2D eigenvalue weighted by Crippen LogP contribution is 2.28. The van der Waals surface area contributed by atoms with Gasteiger partial charge in [0, 0.05) is 0 Å². The van der Waals surface area contributed by atoms with E-state index >= 15 is 0 Å². The number of halogens is 2. The van der Waals surface area contributed by atoms with Crippen LogP contribution in [0.3, 0.4) is 0 Å². The Morgan fingerprint density at radius 1 is 1.29 bits per heavy atom. The molecule has 1 aromatic carbocycles. The number of sulfonamides is 1. The van der Waals surface area contributed by atoms with Gasteiger partial charge in [-0.2, -0.15) is 0 Å². The van der Waals surface area contributed by atoms with Crippen molar-refractivity contribution in [3.8, 4) is 0 Å². The van der Waals surface area contributed by atoms with Gasteiger partial charge < -0.3 is 5.11 Å². The minimum absolute atomic E-state index is 0.0536. The summed E-state index contributed by atoms with van der Waals surface area (Å²) < 4.78 is 53.4. The van der Waals surface area contributed by atoms with Gasteiger partial charge in [-0.15, -0.1) is 11.3 Å². The molecule has 0 aliphatic carbocycles. The van der Waals surface area contributed by atoms with E-state index in [4.69, 9.17) is 5.11 Å². The molecule has 0 radical (unpaired) electrons. The minimum Gasteiger partial charge on any atom is -0.477 e. The first kappa shape index (κ1) is 15.4. The van der Waals surface area contributed by atoms with Crippen molar-refractivity contribution in [2.24, 2.45) is 0 Å². The van der Waals surface area contributed by atoms with Crippen molar-refractivity contribution in [2.45, 2.75) is 11.8 Å². The number of hydrogen-bond acceptors (Lipinski definition) is 4. The van der Waals surface area contributed by atoms with Crippen LogP contribution in [0.2, 0.25) is 0 Å². The third-order valence-corrected chi connectivity index (χ3v) is 5.06. The third kappa shape index (κ3) is 2.88. The first-order valence-corrected chi connectivity index (χ1v) is 7.88. The van der Waals surface area contributed by atoms with Crippen molar-refractivity contribution >= 4 is 33.0 Å². The van der Waals surface area contributed by atoms with E-state index in [1.54, 1.807) is 4.72 Å². The summed E-state index contributed by atoms with van der Waals surface area (Å²) in [7, 11) is -4.41. The highest BCUT2D eigenvalue weighted by atomic mass is 32.2. The number of hydrogen-bond donors (Lipinski definition) is 2. The van der Waals surface area contributed by atoms with Gasteiger partial charge in [-0.3, -0.25) is 4.72 Å². The summed E-state index contributed by atoms with van der Waals surface area (Å²) in [5.41, 5.74) is -0.782. The van der Waals surface area contributed by atoms with Crippen molar-refractivity contribution in [3.05, 3.63) is 45.7 Å². The van der Waals surface area contributed by atoms with Gasteiger partial charge in [0.1, 0.15) is 21.3 Å². The maximum Gasteiger partial charge on any atom is 0.347 e. The lowest BCUT2D eigenvalue weighted by Crippen LogP contribution is -2.17. The molecule has 1 heterocycles. The Labute approximate surface area is 122 Å². The van der Waals surface area contributed by atoms with Gasteiger partial charge in [-0.1, -0.05) is 6.07 Å². The van der Waals surface area contributed by atoms with Gasteiger partial charge in [-0.05, 0) is 30.0 Å². The summed E-state index contributed by atoms with van der Waals surface area (Å²) in [6.07, 6.45) is 0. The topological polar surface area (TPSA) is 83.5 Å². The Kier molecular flexibility index (Phi) is 3.97. The van der Waals surface area contributed by atoms with E-state index in [0.29, 0.717) is 11.3 Å². The lowest BCUT2D eigenvalue weighted by Gasteiger charge is -2.10. The number of nitrogens with one attached hydrogen (secondary N) is 1. The second kappa shape index (κ2) is 5.41. The molecule has 0 amide bonds. The zero-order valence-electron chi connectivity index (χ0n) is 10.6. The maximum absolute atomic E-state index is 13.8. The van der Waals surface area contributed by atoms with Crippen molar-refractivity contribution < 1.29 is 27.1 Å². The van der Waals surface area contributed by atoms with E-state index in [1.807, 2.05) is 0 Å². The fourth-order valence-corrected chi connectivity index (χ4v) is 3.93. The first-order chi connectivity index (χ1) is 9.74. The van der Waals surface area contributed by atoms with E-state index in [1.165, 1.54) is 12.3 Å². The average molecular weight is 333 g/mol. The van der Waals surface area contributed by atoms with Crippen molar-refractivity contribution in [2.75, 3.05) is 4.72 Å². The molecule has 0 bridgehead atoms. The van der Waals surface area contributed by atoms with E-state index in [2.05, 4.69) is 0 Å². The Morgan fingerprint density at radius 2 is 1.95 bits per heavy atom. The summed E-state index contributed by atoms with van der Waals surface area (Å²) in [5.74, 6) is -3.57. The van der Waals surface area contributed by atoms with Crippen LogP contribution in [-0.4, -0.2) is 19.5 Å². The number of carboxylic acid groups (broad SMARTS) is 1. The first-order valence-electron chi connectivity index (χ1n) is 5.52. The molecule has 21 heavy (non-hydrogen) atoms. The molecule has 2 rings (SSSR count). The van der Waals surface area contributed by atoms with Crippen LogP contribution < -0.4 is 4.72 Å². The molecule has 5 nitrogen and oxygen atoms in total. The molecule has 0 atom stereocenters. The standard InChI is InChI=1S/C12H9F2NO4S2/c1-6-2-3-7(13)10(9(6)14)15-21(18,19)8-4-5-20-11(8)12(16)17/h2-5,15H,1H3,(H,16,17). The Balaban J connectivity index is 2.50. The van der Waals surface area contributed by atoms with Gasteiger partial charge in [0.2, 0.25) is 0 Å². The highest BCUT2D eigenvalue weighted by Gasteiger charge is 2.26. The number of carboxylic acids is 1. The van der Waals surface area contributed by atoms with E-state index in [-0.39, 0.29) is 5.56 Å². The van der Waals surface area contributed by atoms with Crippen molar-refractivity contribution in [1.82, 2.24) is 0 Å². The molecular formula is C12H9F2NO4S2. The van der Waals surface area contributed by atoms with Crippen LogP contribution in [0.25, 0.3) is 0 Å². The number of anilines is 1. The summed E-state index contributed by atoms with van der Waals surface area (Å²) in [5, 5.41) is 10.2. The molecule has 0 fully saturated rings. The van der Waals surface area contributed by atoms with E-state index < -0.39 is 43.1 Å². The second-order valence-electron chi connectivity index (χ2n) is 4.08. The van der Waals surface area contributed by atoms with Gasteiger partial charge in [0.15, 0.2) is 5.82 Å². The molecule has 0 aliphatic heterocycles. The molecule has 2 aromatic rings. The quantitative estimate of drug-likeness (QED) is 0.901. The fraction of sp³-hybridized carbons (Fsp3) is 0.0833. The van der Waals surface area contributed by atoms with Crippen LogP contribution >= 0.6 is 11.3 Å². The average Bonchev–Trinajstić information content (AvgIpc) is 2.89. The Hall–Kier alpha value is -2.00. The predicted molar refractivity (Wildman–Crippen MR) is 73.2 cm³/mol. The Morgan fingerprint density at radius 3 is 2.57 bits per heavy atom. The van der Waals surface area contributed by atoms with Crippen molar-refractivity contribution in [1.29, 1.82) is 0 Å². The van der Waals surface area contributed by atoms with Crippen LogP contribution in [0.1, 0.15) is 15.2 Å². The molecule has 0 aliphatic rings. The normalized spacial score (nSPS) is 11.4. The van der Waals surface area contributed by atoms with Crippen LogP contribution in [0.15, 0.2) is 28.5 Å². The van der Waals surface area contributed by atoms with Gasteiger partial charge in [0.25, 0.3) is 10.0 Å². The molecule has 0 saturated carbocycles. The summed E-state index contributed by atoms with van der Waals surface area (Å²) in [6, 6.07) is 3.14. The molecule has 1 aromatic heterocycles. The van der Waals surface area contributed by atoms with Crippen molar-refractivity contribution in [3.63, 3.8) is 0 Å². The second-order valence-corrected chi connectivity index (χ2v) is 6.64. The van der Waals surface area contributed by atoms with Crippen LogP contribution in [0.4, 0.5) is 14.5 Å². The number of aryl methyl sites for hydroxylation is 1. The number of thiophene rings is 1. The van der Waals surface area contributed by atoms with Crippen LogP contribution in [0.5, 0.6) is 0 Å². The number of rotatable bonds is 4. The molecule has 112 valence electrons. The number of aromatic carboxylic acids is 1. The SMILES string of the molecule is Cc1ccc(F)c(NS(=O)(=O)c2ccsc2C(=O)O)c1F. The number of carbonyl (C=O) groups is 1. The van der Waals surface area contributed by atoms with Gasteiger partial charge in [-0.25, -0.2) is 22.0 Å². The van der Waals surface area contributed by atoms with Gasteiger partial charge in [0.05, 0.1) is 0 Å². The third-order valence-electron chi connectivity index (χ3n) is 2.63. The zero-order valence-corrected chi connectivity index (χ0v) is 12.2. The molecule has 0 unspecified atom stereocenters. The molecule has 0 saturated heterocycles. The molecule has 2 N–H and O–H groups in total. The minimum atomic E-state index is -4.41. The van der Waals surface area contributed by atoms with E-state index in [9.17, 15) is 22.0 Å². The molecule has 9 heteroatoms. The van der Waals surface area contributed by atoms with Crippen LogP contribution in [-0.2, 0) is 10.0 Å². The Bertz CT molecular complexity index is 815. The monoisotopic (exact) mass is 333 g/mol. The lowest BCUT2D eigenvalue weighted by atomic mass is 10.2. The summed E-state index contributed by atoms with van der Waals surface area (Å²) in [6.45, 7) is 1.35. The van der Waals surface area contributed by atoms with Crippen LogP contribution in [0, 0.1) is 18.6 Å². The largest absolute Gasteiger partial charge is 0.477 e.